The summed E-state index contributed by atoms with van der Waals surface area (Å²) in [5.41, 5.74) is 4.59. The number of carbonyl (C=O) groups is 1. The Kier molecular flexibility index (Phi) is 5.48. The number of amides is 1. The summed E-state index contributed by atoms with van der Waals surface area (Å²) in [4.78, 5) is 11.9. The molecule has 0 saturated carbocycles. The Morgan fingerprint density at radius 1 is 1.12 bits per heavy atom. The monoisotopic (exact) mass is 379 g/mol. The second-order valence-electron chi connectivity index (χ2n) is 5.67. The quantitative estimate of drug-likeness (QED) is 0.721. The molecule has 1 aliphatic rings. The van der Waals surface area contributed by atoms with Crippen molar-refractivity contribution in [2.24, 2.45) is 0 Å². The maximum atomic E-state index is 11.9. The summed E-state index contributed by atoms with van der Waals surface area (Å²) >= 11 is 5.70. The third-order valence-corrected chi connectivity index (χ3v) is 5.91. The zero-order chi connectivity index (χ0) is 17.9. The summed E-state index contributed by atoms with van der Waals surface area (Å²) in [6, 6.07) is 16.2. The van der Waals surface area contributed by atoms with Crippen LogP contribution >= 0.6 is 18.0 Å². The van der Waals surface area contributed by atoms with Crippen LogP contribution in [-0.4, -0.2) is 25.6 Å². The van der Waals surface area contributed by atoms with E-state index in [1.807, 2.05) is 36.4 Å². The van der Waals surface area contributed by atoms with Gasteiger partial charge in [-0.1, -0.05) is 48.5 Å². The number of hydrogen-bond donors (Lipinski definition) is 1. The number of ether oxygens (including phenoxy) is 1. The summed E-state index contributed by atoms with van der Waals surface area (Å²) in [6.07, 6.45) is -0.929. The van der Waals surface area contributed by atoms with E-state index in [1.165, 1.54) is 0 Å². The van der Waals surface area contributed by atoms with E-state index in [0.717, 1.165) is 22.3 Å². The second-order valence-corrected chi connectivity index (χ2v) is 8.97. The van der Waals surface area contributed by atoms with Gasteiger partial charge in [-0.2, -0.15) is 0 Å². The van der Waals surface area contributed by atoms with Crippen LogP contribution in [0, 0.1) is 0 Å². The van der Waals surface area contributed by atoms with Crippen molar-refractivity contribution in [2.45, 2.75) is 12.8 Å². The third kappa shape index (κ3) is 4.06. The Labute approximate surface area is 151 Å². The number of carbonyl (C=O) groups excluding carboxylic acids is 1. The van der Waals surface area contributed by atoms with Crippen molar-refractivity contribution in [3.63, 3.8) is 0 Å². The smallest absolute Gasteiger partial charge is 0.407 e. The molecule has 2 aromatic carbocycles. The molecule has 0 saturated heterocycles. The van der Waals surface area contributed by atoms with Gasteiger partial charge in [0.2, 0.25) is 0 Å². The van der Waals surface area contributed by atoms with Gasteiger partial charge >= 0.3 is 12.8 Å². The highest BCUT2D eigenvalue weighted by molar-refractivity contribution is 7.85. The third-order valence-electron chi connectivity index (χ3n) is 4.08. The summed E-state index contributed by atoms with van der Waals surface area (Å²) in [7, 11) is 0. The van der Waals surface area contributed by atoms with Crippen LogP contribution in [0.4, 0.5) is 4.79 Å². The molecule has 0 spiro atoms. The van der Waals surface area contributed by atoms with Gasteiger partial charge in [0.1, 0.15) is 12.9 Å². The predicted molar refractivity (Wildman–Crippen MR) is 98.2 cm³/mol. The molecule has 1 unspecified atom stereocenters. The second kappa shape index (κ2) is 7.61. The van der Waals surface area contributed by atoms with Crippen molar-refractivity contribution in [3.8, 4) is 11.1 Å². The number of halogens is 1. The van der Waals surface area contributed by atoms with Crippen LogP contribution in [0.3, 0.4) is 0 Å². The van der Waals surface area contributed by atoms with Crippen LogP contribution in [0.25, 0.3) is 11.1 Å². The highest BCUT2D eigenvalue weighted by Crippen LogP contribution is 2.51. The van der Waals surface area contributed by atoms with E-state index in [4.69, 9.17) is 20.5 Å². The molecular formula is C18H19ClNO4P. The SMILES string of the molecule is CCOP(=O)(Cl)CNC(=O)OCC1c2ccccc2-c2ccccc21. The van der Waals surface area contributed by atoms with Crippen LogP contribution < -0.4 is 5.32 Å². The Morgan fingerprint density at radius 2 is 1.68 bits per heavy atom. The first-order chi connectivity index (χ1) is 12.0. The summed E-state index contributed by atoms with van der Waals surface area (Å²) in [6.45, 7) is -1.25. The number of fused-ring (bicyclic) bond motifs is 3. The van der Waals surface area contributed by atoms with Gasteiger partial charge in [0, 0.05) is 5.92 Å². The van der Waals surface area contributed by atoms with E-state index in [-0.39, 0.29) is 25.4 Å². The molecule has 0 radical (unpaired) electrons. The molecule has 25 heavy (non-hydrogen) atoms. The first kappa shape index (κ1) is 18.0. The van der Waals surface area contributed by atoms with Gasteiger partial charge in [-0.05, 0) is 40.4 Å². The van der Waals surface area contributed by atoms with E-state index in [0.29, 0.717) is 0 Å². The molecule has 0 heterocycles. The molecule has 7 heteroatoms. The Balaban J connectivity index is 1.66. The van der Waals surface area contributed by atoms with Gasteiger partial charge < -0.3 is 14.6 Å². The fourth-order valence-electron chi connectivity index (χ4n) is 3.05. The molecule has 132 valence electrons. The number of nitrogens with one attached hydrogen (secondary N) is 1. The Morgan fingerprint density at radius 3 is 2.24 bits per heavy atom. The first-order valence-electron chi connectivity index (χ1n) is 8.04. The molecule has 1 N–H and O–H groups in total. The number of alkyl carbamates (subject to hydrolysis) is 1. The first-order valence-corrected chi connectivity index (χ1v) is 10.8. The highest BCUT2D eigenvalue weighted by Gasteiger charge is 2.29. The van der Waals surface area contributed by atoms with Gasteiger partial charge in [0.05, 0.1) is 6.61 Å². The van der Waals surface area contributed by atoms with Crippen molar-refractivity contribution in [2.75, 3.05) is 19.5 Å². The minimum absolute atomic E-state index is 0.0205. The van der Waals surface area contributed by atoms with Crippen molar-refractivity contribution in [1.29, 1.82) is 0 Å². The molecule has 0 fully saturated rings. The van der Waals surface area contributed by atoms with Crippen molar-refractivity contribution < 1.29 is 18.6 Å². The normalized spacial score (nSPS) is 15.1. The zero-order valence-electron chi connectivity index (χ0n) is 13.8. The van der Waals surface area contributed by atoms with Crippen molar-refractivity contribution in [3.05, 3.63) is 59.7 Å². The van der Waals surface area contributed by atoms with Crippen LogP contribution in [0.1, 0.15) is 24.0 Å². The van der Waals surface area contributed by atoms with Gasteiger partial charge in [-0.3, -0.25) is 4.57 Å². The zero-order valence-corrected chi connectivity index (χ0v) is 15.4. The molecule has 1 aliphatic carbocycles. The fraction of sp³-hybridized carbons (Fsp3) is 0.278. The van der Waals surface area contributed by atoms with Gasteiger partial charge in [-0.15, -0.1) is 0 Å². The largest absolute Gasteiger partial charge is 0.449 e. The van der Waals surface area contributed by atoms with Crippen LogP contribution in [0.15, 0.2) is 48.5 Å². The molecule has 1 atom stereocenters. The van der Waals surface area contributed by atoms with Crippen LogP contribution in [-0.2, 0) is 13.8 Å². The lowest BCUT2D eigenvalue weighted by Crippen LogP contribution is -2.26. The minimum Gasteiger partial charge on any atom is -0.449 e. The molecule has 3 rings (SSSR count). The van der Waals surface area contributed by atoms with E-state index in [9.17, 15) is 9.36 Å². The molecule has 0 bridgehead atoms. The predicted octanol–water partition coefficient (Wildman–Crippen LogP) is 4.95. The van der Waals surface area contributed by atoms with E-state index in [1.54, 1.807) is 6.92 Å². The standard InChI is InChI=1S/C18H19ClNO4P/c1-2-24-25(19,22)12-20-18(21)23-11-17-15-9-5-3-7-13(15)14-8-4-6-10-16(14)17/h3-10,17H,2,11-12H2,1H3,(H,20,21). The lowest BCUT2D eigenvalue weighted by Gasteiger charge is -2.15. The molecule has 2 aromatic rings. The lowest BCUT2D eigenvalue weighted by atomic mass is 9.98. The Bertz CT molecular complexity index is 781. The molecular weight excluding hydrogens is 361 g/mol. The van der Waals surface area contributed by atoms with Crippen LogP contribution in [0.2, 0.25) is 0 Å². The van der Waals surface area contributed by atoms with Crippen molar-refractivity contribution in [1.82, 2.24) is 5.32 Å². The average Bonchev–Trinajstić information content (AvgIpc) is 2.92. The average molecular weight is 380 g/mol. The number of hydrogen-bond acceptors (Lipinski definition) is 4. The molecule has 5 nitrogen and oxygen atoms in total. The van der Waals surface area contributed by atoms with Crippen LogP contribution in [0.5, 0.6) is 0 Å². The topological polar surface area (TPSA) is 64.6 Å². The minimum atomic E-state index is -3.34. The highest BCUT2D eigenvalue weighted by atomic mass is 35.7. The maximum Gasteiger partial charge on any atom is 0.407 e. The van der Waals surface area contributed by atoms with Gasteiger partial charge in [0.25, 0.3) is 0 Å². The Hall–Kier alpha value is -1.81. The fourth-order valence-corrected chi connectivity index (χ4v) is 4.31. The van der Waals surface area contributed by atoms with Crippen molar-refractivity contribution >= 4 is 24.1 Å². The van der Waals surface area contributed by atoms with E-state index in [2.05, 4.69) is 17.4 Å². The molecule has 0 aliphatic heterocycles. The lowest BCUT2D eigenvalue weighted by molar-refractivity contribution is 0.144. The van der Waals surface area contributed by atoms with Gasteiger partial charge in [-0.25, -0.2) is 4.79 Å². The molecule has 0 aromatic heterocycles. The summed E-state index contributed by atoms with van der Waals surface area (Å²) in [5, 5.41) is 2.40. The number of benzene rings is 2. The molecule has 1 amide bonds. The van der Waals surface area contributed by atoms with E-state index < -0.39 is 12.8 Å². The van der Waals surface area contributed by atoms with Gasteiger partial charge in [0.15, 0.2) is 0 Å². The van der Waals surface area contributed by atoms with E-state index >= 15 is 0 Å². The number of rotatable bonds is 6. The summed E-state index contributed by atoms with van der Waals surface area (Å²) < 4.78 is 22.0. The maximum absolute atomic E-state index is 11.9. The summed E-state index contributed by atoms with van der Waals surface area (Å²) in [5.74, 6) is -0.0205.